The van der Waals surface area contributed by atoms with Crippen molar-refractivity contribution in [1.29, 1.82) is 0 Å². The second-order valence-electron chi connectivity index (χ2n) is 6.84. The Labute approximate surface area is 171 Å². The first-order valence-electron chi connectivity index (χ1n) is 9.09. The quantitative estimate of drug-likeness (QED) is 0.528. The summed E-state index contributed by atoms with van der Waals surface area (Å²) in [5.41, 5.74) is 6.95. The molecule has 0 atom stereocenters. The lowest BCUT2D eigenvalue weighted by molar-refractivity contribution is 0.289. The molecule has 2 aromatic rings. The van der Waals surface area contributed by atoms with Gasteiger partial charge in [-0.1, -0.05) is 34.1 Å². The van der Waals surface area contributed by atoms with Crippen LogP contribution in [-0.2, 0) is 6.54 Å². The van der Waals surface area contributed by atoms with Crippen molar-refractivity contribution in [3.8, 4) is 0 Å². The van der Waals surface area contributed by atoms with Crippen LogP contribution in [0.2, 0.25) is 0 Å². The fourth-order valence-corrected chi connectivity index (χ4v) is 4.06. The van der Waals surface area contributed by atoms with E-state index in [1.165, 1.54) is 31.2 Å². The highest BCUT2D eigenvalue weighted by molar-refractivity contribution is 9.10. The Morgan fingerprint density at radius 1 is 1.00 bits per heavy atom. The summed E-state index contributed by atoms with van der Waals surface area (Å²) in [4.78, 5) is 8.98. The Balaban J connectivity index is 1.55. The molecule has 3 rings (SSSR count). The third-order valence-electron chi connectivity index (χ3n) is 5.00. The third kappa shape index (κ3) is 5.41. The number of anilines is 2. The summed E-state index contributed by atoms with van der Waals surface area (Å²) in [7, 11) is 0. The molecule has 0 aliphatic heterocycles. The number of benzene rings is 1. The Morgan fingerprint density at radius 3 is 2.46 bits per heavy atom. The first-order chi connectivity index (χ1) is 12.7. The number of aromatic nitrogens is 2. The van der Waals surface area contributed by atoms with Crippen molar-refractivity contribution in [3.05, 3.63) is 45.0 Å². The van der Waals surface area contributed by atoms with Crippen molar-refractivity contribution >= 4 is 43.6 Å². The van der Waals surface area contributed by atoms with Gasteiger partial charge in [-0.3, -0.25) is 0 Å². The molecule has 1 aliphatic rings. The molecule has 26 heavy (non-hydrogen) atoms. The molecule has 1 saturated carbocycles. The number of nitrogens with one attached hydrogen (secondary N) is 2. The molecule has 5 nitrogen and oxygen atoms in total. The van der Waals surface area contributed by atoms with Crippen molar-refractivity contribution in [3.63, 3.8) is 0 Å². The van der Waals surface area contributed by atoms with Crippen LogP contribution < -0.4 is 16.4 Å². The first kappa shape index (κ1) is 19.6. The van der Waals surface area contributed by atoms with Crippen LogP contribution in [0.25, 0.3) is 0 Å². The number of hydrogen-bond donors (Lipinski definition) is 3. The van der Waals surface area contributed by atoms with E-state index in [2.05, 4.69) is 58.5 Å². The normalized spacial score (nSPS) is 20.0. The molecule has 0 spiro atoms. The Kier molecular flexibility index (Phi) is 7.28. The number of hydrogen-bond acceptors (Lipinski definition) is 5. The largest absolute Gasteiger partial charge is 0.369 e. The zero-order valence-corrected chi connectivity index (χ0v) is 17.9. The summed E-state index contributed by atoms with van der Waals surface area (Å²) in [6, 6.07) is 8.14. The summed E-state index contributed by atoms with van der Waals surface area (Å²) < 4.78 is 1.97. The fourth-order valence-electron chi connectivity index (χ4n) is 3.30. The minimum absolute atomic E-state index is 0.623. The molecule has 7 heteroatoms. The summed E-state index contributed by atoms with van der Waals surface area (Å²) in [5, 5.41) is 6.78. The van der Waals surface area contributed by atoms with Crippen LogP contribution in [0.4, 0.5) is 11.8 Å². The van der Waals surface area contributed by atoms with Crippen LogP contribution in [0, 0.1) is 11.8 Å². The van der Waals surface area contributed by atoms with Gasteiger partial charge in [0.05, 0.1) is 4.47 Å². The van der Waals surface area contributed by atoms with Gasteiger partial charge in [-0.2, -0.15) is 4.98 Å². The molecule has 1 aromatic carbocycles. The average Bonchev–Trinajstić information content (AvgIpc) is 2.68. The van der Waals surface area contributed by atoms with E-state index in [4.69, 9.17) is 5.73 Å². The van der Waals surface area contributed by atoms with Crippen molar-refractivity contribution in [2.45, 2.75) is 32.2 Å². The third-order valence-corrected chi connectivity index (χ3v) is 6.35. The van der Waals surface area contributed by atoms with Crippen LogP contribution in [0.5, 0.6) is 0 Å². The van der Waals surface area contributed by atoms with Crippen molar-refractivity contribution in [2.24, 2.45) is 17.6 Å². The predicted molar refractivity (Wildman–Crippen MR) is 114 cm³/mol. The maximum atomic E-state index is 5.78. The summed E-state index contributed by atoms with van der Waals surface area (Å²) in [6.45, 7) is 2.44. The van der Waals surface area contributed by atoms with Gasteiger partial charge in [-0.15, -0.1) is 0 Å². The summed E-state index contributed by atoms with van der Waals surface area (Å²) in [6.07, 6.45) is 6.76. The molecule has 0 unspecified atom stereocenters. The fraction of sp³-hybridized carbons (Fsp3) is 0.474. The van der Waals surface area contributed by atoms with Gasteiger partial charge in [0.1, 0.15) is 5.82 Å². The van der Waals surface area contributed by atoms with E-state index in [1.54, 1.807) is 6.20 Å². The molecule has 0 amide bonds. The van der Waals surface area contributed by atoms with Crippen LogP contribution in [0.3, 0.4) is 0 Å². The molecule has 0 radical (unpaired) electrons. The van der Waals surface area contributed by atoms with E-state index in [9.17, 15) is 0 Å². The van der Waals surface area contributed by atoms with Crippen LogP contribution >= 0.6 is 31.9 Å². The monoisotopic (exact) mass is 481 g/mol. The molecule has 140 valence electrons. The molecular weight excluding hydrogens is 458 g/mol. The van der Waals surface area contributed by atoms with Gasteiger partial charge < -0.3 is 16.4 Å². The van der Waals surface area contributed by atoms with Crippen molar-refractivity contribution in [1.82, 2.24) is 9.97 Å². The number of rotatable bonds is 7. The number of nitrogens with zero attached hydrogens (tertiary/aromatic N) is 2. The van der Waals surface area contributed by atoms with E-state index in [0.29, 0.717) is 24.3 Å². The van der Waals surface area contributed by atoms with E-state index in [-0.39, 0.29) is 0 Å². The maximum absolute atomic E-state index is 5.78. The zero-order chi connectivity index (χ0) is 18.4. The molecule has 1 aromatic heterocycles. The highest BCUT2D eigenvalue weighted by Crippen LogP contribution is 2.29. The highest BCUT2D eigenvalue weighted by Gasteiger charge is 2.20. The van der Waals surface area contributed by atoms with E-state index >= 15 is 0 Å². The lowest BCUT2D eigenvalue weighted by atomic mass is 9.82. The van der Waals surface area contributed by atoms with E-state index in [0.717, 1.165) is 27.9 Å². The number of nitrogens with two attached hydrogens (primary N) is 1. The Morgan fingerprint density at radius 2 is 1.73 bits per heavy atom. The molecule has 1 aliphatic carbocycles. The minimum Gasteiger partial charge on any atom is -0.369 e. The van der Waals surface area contributed by atoms with Crippen molar-refractivity contribution < 1.29 is 0 Å². The predicted octanol–water partition coefficient (Wildman–Crippen LogP) is 4.79. The highest BCUT2D eigenvalue weighted by atomic mass is 79.9. The van der Waals surface area contributed by atoms with Crippen LogP contribution in [0.1, 0.15) is 31.2 Å². The van der Waals surface area contributed by atoms with Gasteiger partial charge in [0, 0.05) is 23.8 Å². The molecule has 1 heterocycles. The van der Waals surface area contributed by atoms with E-state index in [1.807, 2.05) is 18.2 Å². The van der Waals surface area contributed by atoms with Crippen LogP contribution in [0.15, 0.2) is 39.4 Å². The first-order valence-corrected chi connectivity index (χ1v) is 10.7. The van der Waals surface area contributed by atoms with E-state index < -0.39 is 0 Å². The smallest absolute Gasteiger partial charge is 0.224 e. The maximum Gasteiger partial charge on any atom is 0.224 e. The van der Waals surface area contributed by atoms with Crippen LogP contribution in [-0.4, -0.2) is 23.1 Å². The van der Waals surface area contributed by atoms with Gasteiger partial charge in [-0.25, -0.2) is 4.98 Å². The zero-order valence-electron chi connectivity index (χ0n) is 14.7. The topological polar surface area (TPSA) is 75.9 Å². The van der Waals surface area contributed by atoms with Gasteiger partial charge in [0.25, 0.3) is 0 Å². The molecule has 1 fully saturated rings. The SMILES string of the molecule is NCC1CCC(CNc2nc(NCc3ccccc3Br)ncc2Br)CC1. The Hall–Kier alpha value is -1.18. The average molecular weight is 483 g/mol. The minimum atomic E-state index is 0.623. The lowest BCUT2D eigenvalue weighted by Gasteiger charge is -2.27. The van der Waals surface area contributed by atoms with Gasteiger partial charge in [-0.05, 0) is 71.6 Å². The second kappa shape index (κ2) is 9.67. The number of halogens is 2. The second-order valence-corrected chi connectivity index (χ2v) is 8.55. The lowest BCUT2D eigenvalue weighted by Crippen LogP contribution is -2.25. The summed E-state index contributed by atoms with van der Waals surface area (Å²) in [5.74, 6) is 2.87. The summed E-state index contributed by atoms with van der Waals surface area (Å²) >= 11 is 7.11. The standard InChI is InChI=1S/C19H25Br2N5/c20-16-4-2-1-3-15(16)11-24-19-25-12-17(21)18(26-19)23-10-14-7-5-13(9-22)6-8-14/h1-4,12-14H,5-11,22H2,(H2,23,24,25,26). The molecular formula is C19H25Br2N5. The van der Waals surface area contributed by atoms with Gasteiger partial charge >= 0.3 is 0 Å². The molecule has 0 saturated heterocycles. The van der Waals surface area contributed by atoms with Gasteiger partial charge in [0.2, 0.25) is 5.95 Å². The molecule has 4 N–H and O–H groups in total. The van der Waals surface area contributed by atoms with Crippen molar-refractivity contribution in [2.75, 3.05) is 23.7 Å². The Bertz CT molecular complexity index is 717. The molecule has 0 bridgehead atoms. The van der Waals surface area contributed by atoms with Gasteiger partial charge in [0.15, 0.2) is 0 Å².